The number of alkyl halides is 1. The van der Waals surface area contributed by atoms with Gasteiger partial charge in [0, 0.05) is 5.33 Å². The molecule has 0 saturated carbocycles. The fraction of sp³-hybridized carbons (Fsp3) is 0.429. The van der Waals surface area contributed by atoms with Gasteiger partial charge in [0.25, 0.3) is 0 Å². The Labute approximate surface area is 64.5 Å². The van der Waals surface area contributed by atoms with Gasteiger partial charge in [0.15, 0.2) is 0 Å². The normalized spacial score (nSPS) is 10.0. The fourth-order valence-corrected chi connectivity index (χ4v) is 0.596. The van der Waals surface area contributed by atoms with E-state index in [4.69, 9.17) is 4.74 Å². The molecule has 0 heterocycles. The Morgan fingerprint density at radius 2 is 2.44 bits per heavy atom. The Balaban J connectivity index is 3.37. The van der Waals surface area contributed by atoms with Crippen LogP contribution < -0.4 is 0 Å². The summed E-state index contributed by atoms with van der Waals surface area (Å²) in [5.41, 5.74) is 0. The number of hydrogen-bond donors (Lipinski definition) is 0. The van der Waals surface area contributed by atoms with Gasteiger partial charge in [0.1, 0.15) is 5.76 Å². The maximum atomic E-state index is 5.04. The zero-order valence-electron chi connectivity index (χ0n) is 5.56. The highest BCUT2D eigenvalue weighted by Gasteiger charge is 1.81. The highest BCUT2D eigenvalue weighted by molar-refractivity contribution is 9.09. The molecule has 0 aliphatic rings. The van der Waals surface area contributed by atoms with Crippen molar-refractivity contribution in [2.45, 2.75) is 6.92 Å². The second-order valence-electron chi connectivity index (χ2n) is 1.46. The molecule has 0 bridgehead atoms. The van der Waals surface area contributed by atoms with Crippen LogP contribution in [-0.2, 0) is 4.74 Å². The lowest BCUT2D eigenvalue weighted by Crippen LogP contribution is -1.84. The van der Waals surface area contributed by atoms with Crippen molar-refractivity contribution in [3.63, 3.8) is 0 Å². The SMILES string of the molecule is C=C(/C=C/CBr)OCC. The number of ether oxygens (including phenoxy) is 1. The summed E-state index contributed by atoms with van der Waals surface area (Å²) in [5, 5.41) is 0.846. The monoisotopic (exact) mass is 190 g/mol. The minimum Gasteiger partial charge on any atom is -0.495 e. The topological polar surface area (TPSA) is 9.23 Å². The molecule has 0 spiro atoms. The summed E-state index contributed by atoms with van der Waals surface area (Å²) in [6, 6.07) is 0. The van der Waals surface area contributed by atoms with Crippen LogP contribution >= 0.6 is 15.9 Å². The van der Waals surface area contributed by atoms with Crippen molar-refractivity contribution in [3.05, 3.63) is 24.5 Å². The average Bonchev–Trinajstić information content (AvgIpc) is 1.85. The molecular weight excluding hydrogens is 180 g/mol. The molecule has 0 fully saturated rings. The van der Waals surface area contributed by atoms with Gasteiger partial charge in [-0.3, -0.25) is 0 Å². The lowest BCUT2D eigenvalue weighted by molar-refractivity contribution is 0.244. The van der Waals surface area contributed by atoms with Crippen molar-refractivity contribution >= 4 is 15.9 Å². The summed E-state index contributed by atoms with van der Waals surface area (Å²) in [6.45, 7) is 6.28. The molecule has 0 amide bonds. The van der Waals surface area contributed by atoms with Crippen molar-refractivity contribution in [1.82, 2.24) is 0 Å². The molecule has 0 unspecified atom stereocenters. The van der Waals surface area contributed by atoms with E-state index in [0.29, 0.717) is 6.61 Å². The molecular formula is C7H11BrO. The number of hydrogen-bond acceptors (Lipinski definition) is 1. The lowest BCUT2D eigenvalue weighted by atomic mass is 10.5. The third-order valence-electron chi connectivity index (χ3n) is 0.723. The predicted molar refractivity (Wildman–Crippen MR) is 43.7 cm³/mol. The van der Waals surface area contributed by atoms with Crippen LogP contribution in [0.2, 0.25) is 0 Å². The van der Waals surface area contributed by atoms with E-state index >= 15 is 0 Å². The Hall–Kier alpha value is -0.240. The predicted octanol–water partition coefficient (Wildman–Crippen LogP) is 2.49. The summed E-state index contributed by atoms with van der Waals surface area (Å²) in [6.07, 6.45) is 3.79. The molecule has 0 saturated heterocycles. The van der Waals surface area contributed by atoms with E-state index in [1.165, 1.54) is 0 Å². The summed E-state index contributed by atoms with van der Waals surface area (Å²) in [7, 11) is 0. The van der Waals surface area contributed by atoms with Crippen molar-refractivity contribution in [2.24, 2.45) is 0 Å². The minimum absolute atomic E-state index is 0.686. The fourth-order valence-electron chi connectivity index (χ4n) is 0.409. The average molecular weight is 191 g/mol. The molecule has 1 nitrogen and oxygen atoms in total. The molecule has 0 N–H and O–H groups in total. The maximum Gasteiger partial charge on any atom is 0.111 e. The van der Waals surface area contributed by atoms with Crippen LogP contribution in [0.4, 0.5) is 0 Å². The Morgan fingerprint density at radius 1 is 1.78 bits per heavy atom. The summed E-state index contributed by atoms with van der Waals surface area (Å²) < 4.78 is 5.04. The van der Waals surface area contributed by atoms with Gasteiger partial charge >= 0.3 is 0 Å². The first kappa shape index (κ1) is 8.76. The Bertz CT molecular complexity index is 107. The zero-order chi connectivity index (χ0) is 7.11. The van der Waals surface area contributed by atoms with Crippen molar-refractivity contribution in [3.8, 4) is 0 Å². The van der Waals surface area contributed by atoms with Gasteiger partial charge in [-0.05, 0) is 13.0 Å². The number of allylic oxidation sites excluding steroid dienone is 2. The van der Waals surface area contributed by atoms with Gasteiger partial charge in [-0.15, -0.1) is 0 Å². The van der Waals surface area contributed by atoms with E-state index in [0.717, 1.165) is 11.1 Å². The molecule has 0 aliphatic heterocycles. The molecule has 0 atom stereocenters. The highest BCUT2D eigenvalue weighted by Crippen LogP contribution is 1.95. The number of rotatable bonds is 4. The summed E-state index contributed by atoms with van der Waals surface area (Å²) >= 11 is 3.25. The van der Waals surface area contributed by atoms with Gasteiger partial charge < -0.3 is 4.74 Å². The number of halogens is 1. The van der Waals surface area contributed by atoms with Gasteiger partial charge in [0.2, 0.25) is 0 Å². The first-order chi connectivity index (χ1) is 4.31. The minimum atomic E-state index is 0.686. The molecule has 0 radical (unpaired) electrons. The van der Waals surface area contributed by atoms with Crippen molar-refractivity contribution in [2.75, 3.05) is 11.9 Å². The van der Waals surface area contributed by atoms with Crippen LogP contribution in [0.25, 0.3) is 0 Å². The second kappa shape index (κ2) is 5.89. The van der Waals surface area contributed by atoms with Crippen LogP contribution in [0.15, 0.2) is 24.5 Å². The molecule has 0 aliphatic carbocycles. The van der Waals surface area contributed by atoms with Gasteiger partial charge in [0.05, 0.1) is 6.61 Å². The van der Waals surface area contributed by atoms with Crippen LogP contribution in [-0.4, -0.2) is 11.9 Å². The van der Waals surface area contributed by atoms with Gasteiger partial charge in [-0.1, -0.05) is 28.6 Å². The molecule has 2 heteroatoms. The van der Waals surface area contributed by atoms with E-state index in [9.17, 15) is 0 Å². The van der Waals surface area contributed by atoms with Crippen LogP contribution in [0.5, 0.6) is 0 Å². The first-order valence-corrected chi connectivity index (χ1v) is 3.97. The molecule has 52 valence electrons. The first-order valence-electron chi connectivity index (χ1n) is 2.85. The van der Waals surface area contributed by atoms with Crippen LogP contribution in [0.1, 0.15) is 6.92 Å². The van der Waals surface area contributed by atoms with Gasteiger partial charge in [-0.2, -0.15) is 0 Å². The van der Waals surface area contributed by atoms with Crippen molar-refractivity contribution in [1.29, 1.82) is 0 Å². The van der Waals surface area contributed by atoms with E-state index < -0.39 is 0 Å². The summed E-state index contributed by atoms with van der Waals surface area (Å²) in [5.74, 6) is 0.719. The van der Waals surface area contributed by atoms with E-state index in [1.807, 2.05) is 19.1 Å². The molecule has 0 rings (SSSR count). The van der Waals surface area contributed by atoms with Gasteiger partial charge in [-0.25, -0.2) is 0 Å². The molecule has 9 heavy (non-hydrogen) atoms. The quantitative estimate of drug-likeness (QED) is 0.376. The van der Waals surface area contributed by atoms with Crippen LogP contribution in [0.3, 0.4) is 0 Å². The summed E-state index contributed by atoms with van der Waals surface area (Å²) in [4.78, 5) is 0. The Morgan fingerprint density at radius 3 is 2.89 bits per heavy atom. The lowest BCUT2D eigenvalue weighted by Gasteiger charge is -1.98. The van der Waals surface area contributed by atoms with Crippen LogP contribution in [0, 0.1) is 0 Å². The molecule has 0 aromatic carbocycles. The van der Waals surface area contributed by atoms with Crippen molar-refractivity contribution < 1.29 is 4.74 Å². The third kappa shape index (κ3) is 5.63. The van der Waals surface area contributed by atoms with E-state index in [2.05, 4.69) is 22.5 Å². The largest absolute Gasteiger partial charge is 0.495 e. The molecule has 0 aromatic heterocycles. The zero-order valence-corrected chi connectivity index (χ0v) is 7.15. The maximum absolute atomic E-state index is 5.04. The van der Waals surface area contributed by atoms with E-state index in [-0.39, 0.29) is 0 Å². The van der Waals surface area contributed by atoms with E-state index in [1.54, 1.807) is 0 Å². The molecule has 0 aromatic rings. The smallest absolute Gasteiger partial charge is 0.111 e. The third-order valence-corrected chi connectivity index (χ3v) is 1.10. The second-order valence-corrected chi connectivity index (χ2v) is 2.10. The highest BCUT2D eigenvalue weighted by atomic mass is 79.9. The Kier molecular flexibility index (Phi) is 5.73. The standard InChI is InChI=1S/C7H11BrO/c1-3-9-7(2)5-4-6-8/h4-5H,2-3,6H2,1H3/b5-4+.